The van der Waals surface area contributed by atoms with E-state index in [4.69, 9.17) is 4.74 Å². The summed E-state index contributed by atoms with van der Waals surface area (Å²) < 4.78 is 5.31. The zero-order chi connectivity index (χ0) is 12.3. The summed E-state index contributed by atoms with van der Waals surface area (Å²) in [4.78, 5) is 0. The summed E-state index contributed by atoms with van der Waals surface area (Å²) in [6.45, 7) is 4.36. The molecule has 1 rings (SSSR count). The van der Waals surface area contributed by atoms with Gasteiger partial charge in [0.25, 0.3) is 0 Å². The first-order valence-electron chi connectivity index (χ1n) is 6.36. The summed E-state index contributed by atoms with van der Waals surface area (Å²) >= 11 is 0. The number of hydrogen-bond acceptors (Lipinski definition) is 2. The molecular weight excluding hydrogens is 210 g/mol. The Bertz CT molecular complexity index is 333. The van der Waals surface area contributed by atoms with Crippen molar-refractivity contribution >= 4 is 0 Å². The van der Waals surface area contributed by atoms with Gasteiger partial charge in [-0.2, -0.15) is 0 Å². The fraction of sp³-hybridized carbons (Fsp3) is 0.467. The van der Waals surface area contributed by atoms with E-state index in [9.17, 15) is 0 Å². The van der Waals surface area contributed by atoms with Gasteiger partial charge in [0, 0.05) is 0 Å². The van der Waals surface area contributed by atoms with Crippen molar-refractivity contribution in [1.29, 1.82) is 0 Å². The van der Waals surface area contributed by atoms with Gasteiger partial charge < -0.3 is 10.1 Å². The monoisotopic (exact) mass is 233 g/mol. The minimum atomic E-state index is 0.942. The van der Waals surface area contributed by atoms with Crippen molar-refractivity contribution < 1.29 is 4.74 Å². The third-order valence-corrected chi connectivity index (χ3v) is 2.61. The fourth-order valence-corrected chi connectivity index (χ4v) is 1.69. The van der Waals surface area contributed by atoms with Gasteiger partial charge in [0.05, 0.1) is 7.11 Å². The van der Waals surface area contributed by atoms with E-state index >= 15 is 0 Å². The molecule has 0 aliphatic carbocycles. The van der Waals surface area contributed by atoms with E-state index in [-0.39, 0.29) is 0 Å². The van der Waals surface area contributed by atoms with E-state index < -0.39 is 0 Å². The molecule has 0 aromatic heterocycles. The number of allylic oxidation sites excluding steroid dienone is 1. The summed E-state index contributed by atoms with van der Waals surface area (Å²) in [6.07, 6.45) is 7.68. The quantitative estimate of drug-likeness (QED) is 0.550. The molecule has 0 radical (unpaired) electrons. The SMILES string of the molecule is CCCNCCC=CCc1ccccc1OC. The van der Waals surface area contributed by atoms with Crippen molar-refractivity contribution in [3.63, 3.8) is 0 Å². The second kappa shape index (κ2) is 8.82. The van der Waals surface area contributed by atoms with Crippen molar-refractivity contribution in [3.8, 4) is 5.75 Å². The van der Waals surface area contributed by atoms with E-state index in [1.54, 1.807) is 7.11 Å². The van der Waals surface area contributed by atoms with E-state index in [2.05, 4.69) is 36.5 Å². The number of rotatable bonds is 8. The molecule has 1 aromatic rings. The number of ether oxygens (including phenoxy) is 1. The van der Waals surface area contributed by atoms with E-state index in [0.29, 0.717) is 0 Å². The van der Waals surface area contributed by atoms with Crippen LogP contribution in [0.15, 0.2) is 36.4 Å². The van der Waals surface area contributed by atoms with Crippen LogP contribution in [0.3, 0.4) is 0 Å². The first-order valence-corrected chi connectivity index (χ1v) is 6.36. The second-order valence-corrected chi connectivity index (χ2v) is 4.03. The van der Waals surface area contributed by atoms with E-state index in [0.717, 1.165) is 31.7 Å². The Labute approximate surface area is 105 Å². The van der Waals surface area contributed by atoms with Crippen LogP contribution >= 0.6 is 0 Å². The lowest BCUT2D eigenvalue weighted by atomic mass is 10.1. The van der Waals surface area contributed by atoms with Gasteiger partial charge in [0.2, 0.25) is 0 Å². The molecular formula is C15H23NO. The molecule has 0 atom stereocenters. The van der Waals surface area contributed by atoms with Crippen LogP contribution in [0, 0.1) is 0 Å². The molecule has 17 heavy (non-hydrogen) atoms. The van der Waals surface area contributed by atoms with Crippen LogP contribution in [0.2, 0.25) is 0 Å². The molecule has 0 aliphatic rings. The molecule has 94 valence electrons. The maximum absolute atomic E-state index is 5.31. The zero-order valence-electron chi connectivity index (χ0n) is 10.9. The van der Waals surface area contributed by atoms with Gasteiger partial charge in [0.15, 0.2) is 0 Å². The lowest BCUT2D eigenvalue weighted by molar-refractivity contribution is 0.410. The van der Waals surface area contributed by atoms with Crippen molar-refractivity contribution in [2.24, 2.45) is 0 Å². The normalized spacial score (nSPS) is 10.9. The smallest absolute Gasteiger partial charge is 0.122 e. The minimum Gasteiger partial charge on any atom is -0.496 e. The highest BCUT2D eigenvalue weighted by atomic mass is 16.5. The maximum atomic E-state index is 5.31. The molecule has 0 saturated carbocycles. The molecule has 0 heterocycles. The number of nitrogens with one attached hydrogen (secondary N) is 1. The summed E-state index contributed by atoms with van der Waals surface area (Å²) in [5.74, 6) is 0.973. The summed E-state index contributed by atoms with van der Waals surface area (Å²) in [6, 6.07) is 8.17. The van der Waals surface area contributed by atoms with Crippen molar-refractivity contribution in [2.45, 2.75) is 26.2 Å². The fourth-order valence-electron chi connectivity index (χ4n) is 1.69. The molecule has 0 spiro atoms. The molecule has 0 bridgehead atoms. The average molecular weight is 233 g/mol. The Balaban J connectivity index is 2.27. The highest BCUT2D eigenvalue weighted by Gasteiger charge is 1.97. The highest BCUT2D eigenvalue weighted by Crippen LogP contribution is 2.17. The van der Waals surface area contributed by atoms with Crippen LogP contribution in [-0.2, 0) is 6.42 Å². The largest absolute Gasteiger partial charge is 0.496 e. The Kier molecular flexibility index (Phi) is 7.15. The van der Waals surface area contributed by atoms with E-state index in [1.807, 2.05) is 12.1 Å². The summed E-state index contributed by atoms with van der Waals surface area (Å²) in [5.41, 5.74) is 1.24. The molecule has 0 fully saturated rings. The Morgan fingerprint density at radius 2 is 2.00 bits per heavy atom. The van der Waals surface area contributed by atoms with Crippen LogP contribution in [0.1, 0.15) is 25.3 Å². The lowest BCUT2D eigenvalue weighted by Gasteiger charge is -2.05. The number of para-hydroxylation sites is 1. The van der Waals surface area contributed by atoms with Crippen molar-refractivity contribution in [2.75, 3.05) is 20.2 Å². The summed E-state index contributed by atoms with van der Waals surface area (Å²) in [7, 11) is 1.72. The zero-order valence-corrected chi connectivity index (χ0v) is 10.9. The molecule has 0 saturated heterocycles. The predicted octanol–water partition coefficient (Wildman–Crippen LogP) is 3.18. The van der Waals surface area contributed by atoms with Crippen molar-refractivity contribution in [3.05, 3.63) is 42.0 Å². The van der Waals surface area contributed by atoms with Gasteiger partial charge in [-0.05, 0) is 44.0 Å². The first kappa shape index (κ1) is 13.8. The lowest BCUT2D eigenvalue weighted by Crippen LogP contribution is -2.14. The molecule has 0 aliphatic heterocycles. The van der Waals surface area contributed by atoms with Crippen molar-refractivity contribution in [1.82, 2.24) is 5.32 Å². The van der Waals surface area contributed by atoms with Gasteiger partial charge in [-0.15, -0.1) is 0 Å². The Morgan fingerprint density at radius 3 is 2.76 bits per heavy atom. The molecule has 2 nitrogen and oxygen atoms in total. The Hall–Kier alpha value is -1.28. The summed E-state index contributed by atoms with van der Waals surface area (Å²) in [5, 5.41) is 3.38. The van der Waals surface area contributed by atoms with Gasteiger partial charge in [-0.25, -0.2) is 0 Å². The average Bonchev–Trinajstić information content (AvgIpc) is 2.38. The third kappa shape index (κ3) is 5.55. The van der Waals surface area contributed by atoms with Crippen LogP contribution in [0.5, 0.6) is 5.75 Å². The first-order chi connectivity index (χ1) is 8.38. The van der Waals surface area contributed by atoms with Crippen LogP contribution < -0.4 is 10.1 Å². The van der Waals surface area contributed by atoms with Crippen LogP contribution in [0.25, 0.3) is 0 Å². The van der Waals surface area contributed by atoms with Crippen LogP contribution in [0.4, 0.5) is 0 Å². The predicted molar refractivity (Wildman–Crippen MR) is 73.6 cm³/mol. The third-order valence-electron chi connectivity index (χ3n) is 2.61. The second-order valence-electron chi connectivity index (χ2n) is 4.03. The Morgan fingerprint density at radius 1 is 1.18 bits per heavy atom. The number of benzene rings is 1. The number of methoxy groups -OCH3 is 1. The molecule has 2 heteroatoms. The van der Waals surface area contributed by atoms with Gasteiger partial charge in [-0.3, -0.25) is 0 Å². The van der Waals surface area contributed by atoms with E-state index in [1.165, 1.54) is 12.0 Å². The van der Waals surface area contributed by atoms with Gasteiger partial charge in [0.1, 0.15) is 5.75 Å². The van der Waals surface area contributed by atoms with Crippen LogP contribution in [-0.4, -0.2) is 20.2 Å². The van der Waals surface area contributed by atoms with Gasteiger partial charge >= 0.3 is 0 Å². The standard InChI is InChI=1S/C15H23NO/c1-3-12-16-13-8-4-5-9-14-10-6-7-11-15(14)17-2/h4-7,10-11,16H,3,8-9,12-13H2,1-2H3. The molecule has 1 aromatic carbocycles. The van der Waals surface area contributed by atoms with Gasteiger partial charge in [-0.1, -0.05) is 37.3 Å². The minimum absolute atomic E-state index is 0.942. The number of hydrogen-bond donors (Lipinski definition) is 1. The molecule has 0 unspecified atom stereocenters. The highest BCUT2D eigenvalue weighted by molar-refractivity contribution is 5.34. The maximum Gasteiger partial charge on any atom is 0.122 e. The molecule has 1 N–H and O–H groups in total. The molecule has 0 amide bonds. The topological polar surface area (TPSA) is 21.3 Å².